The van der Waals surface area contributed by atoms with Crippen LogP contribution in [0.15, 0.2) is 4.99 Å². The Kier molecular flexibility index (Phi) is 9.74. The van der Waals surface area contributed by atoms with Crippen LogP contribution >= 0.6 is 0 Å². The third-order valence-electron chi connectivity index (χ3n) is 3.62. The predicted molar refractivity (Wildman–Crippen MR) is 96.5 cm³/mol. The summed E-state index contributed by atoms with van der Waals surface area (Å²) in [6.07, 6.45) is 2.05. The molecule has 1 heterocycles. The topological polar surface area (TPSA) is 72.0 Å². The lowest BCUT2D eigenvalue weighted by molar-refractivity contribution is 0.0888. The van der Waals surface area contributed by atoms with E-state index in [9.17, 15) is 4.21 Å². The summed E-state index contributed by atoms with van der Waals surface area (Å²) in [4.78, 5) is 4.17. The maximum atomic E-state index is 12.0. The number of nitrogens with zero attached hydrogens (tertiary/aromatic N) is 1. The molecule has 0 radical (unpaired) electrons. The Balaban J connectivity index is 2.02. The van der Waals surface area contributed by atoms with Crippen molar-refractivity contribution in [2.75, 3.05) is 52.3 Å². The first-order valence-corrected chi connectivity index (χ1v) is 9.74. The first kappa shape index (κ1) is 20.4. The zero-order valence-electron chi connectivity index (χ0n) is 15.0. The van der Waals surface area contributed by atoms with Gasteiger partial charge in [0.2, 0.25) is 0 Å². The summed E-state index contributed by atoms with van der Waals surface area (Å²) < 4.78 is 22.8. The Morgan fingerprint density at radius 2 is 2.09 bits per heavy atom. The van der Waals surface area contributed by atoms with Crippen molar-refractivity contribution in [3.8, 4) is 0 Å². The quantitative estimate of drug-likeness (QED) is 0.372. The molecule has 1 saturated heterocycles. The smallest absolute Gasteiger partial charge is 0.191 e. The molecule has 0 aliphatic carbocycles. The van der Waals surface area contributed by atoms with Gasteiger partial charge in [-0.1, -0.05) is 0 Å². The fourth-order valence-electron chi connectivity index (χ4n) is 2.13. The largest absolute Gasteiger partial charge is 0.381 e. The lowest BCUT2D eigenvalue weighted by Gasteiger charge is -2.18. The summed E-state index contributed by atoms with van der Waals surface area (Å²) in [5, 5.41) is 6.44. The first-order chi connectivity index (χ1) is 10.9. The zero-order chi connectivity index (χ0) is 17.1. The highest BCUT2D eigenvalue weighted by atomic mass is 32.2. The van der Waals surface area contributed by atoms with Crippen LogP contribution in [0, 0.1) is 5.92 Å². The second kappa shape index (κ2) is 11.0. The number of guanidine groups is 1. The molecule has 0 amide bonds. The van der Waals surface area contributed by atoms with Gasteiger partial charge in [0.05, 0.1) is 13.2 Å². The summed E-state index contributed by atoms with van der Waals surface area (Å²) in [5.74, 6) is 1.94. The molecule has 1 fully saturated rings. The van der Waals surface area contributed by atoms with E-state index in [0.29, 0.717) is 18.2 Å². The maximum Gasteiger partial charge on any atom is 0.191 e. The molecule has 0 spiro atoms. The van der Waals surface area contributed by atoms with Gasteiger partial charge in [-0.25, -0.2) is 0 Å². The average Bonchev–Trinajstić information content (AvgIpc) is 3.00. The van der Waals surface area contributed by atoms with Crippen LogP contribution in [0.3, 0.4) is 0 Å². The molecule has 2 N–H and O–H groups in total. The monoisotopic (exact) mass is 347 g/mol. The van der Waals surface area contributed by atoms with Crippen molar-refractivity contribution in [1.29, 1.82) is 0 Å². The number of rotatable bonds is 9. The molecule has 6 nitrogen and oxygen atoms in total. The molecule has 0 aromatic heterocycles. The molecule has 1 aliphatic heterocycles. The highest BCUT2D eigenvalue weighted by molar-refractivity contribution is 7.86. The molecule has 7 heteroatoms. The Morgan fingerprint density at radius 3 is 2.70 bits per heavy atom. The fraction of sp³-hybridized carbons (Fsp3) is 0.938. The number of hydrogen-bond donors (Lipinski definition) is 2. The Bertz CT molecular complexity index is 377. The molecule has 0 aromatic rings. The minimum atomic E-state index is -0.843. The Labute approximate surface area is 143 Å². The van der Waals surface area contributed by atoms with Crippen LogP contribution in [0.2, 0.25) is 0 Å². The van der Waals surface area contributed by atoms with Crippen molar-refractivity contribution in [2.45, 2.75) is 38.4 Å². The molecule has 136 valence electrons. The van der Waals surface area contributed by atoms with Crippen LogP contribution in [-0.2, 0) is 20.3 Å². The molecular formula is C16H33N3O3S. The number of ether oxygens (including phenoxy) is 2. The molecule has 0 aromatic carbocycles. The average molecular weight is 348 g/mol. The molecule has 1 aliphatic rings. The number of aliphatic imine (C=N–C) groups is 1. The molecule has 23 heavy (non-hydrogen) atoms. The predicted octanol–water partition coefficient (Wildman–Crippen LogP) is 1.14. The van der Waals surface area contributed by atoms with Gasteiger partial charge in [0, 0.05) is 60.6 Å². The van der Waals surface area contributed by atoms with E-state index in [0.717, 1.165) is 51.8 Å². The van der Waals surface area contributed by atoms with Gasteiger partial charge in [-0.3, -0.25) is 9.20 Å². The van der Waals surface area contributed by atoms with E-state index in [1.54, 1.807) is 7.05 Å². The standard InChI is InChI=1S/C16H33N3O3S/c1-16(2,3)23(20)11-8-19-15(17-4)18-7-5-9-21-12-14-6-10-22-13-14/h14H,5-13H2,1-4H3,(H2,17,18,19). The van der Waals surface area contributed by atoms with Crippen LogP contribution in [0.25, 0.3) is 0 Å². The van der Waals surface area contributed by atoms with E-state index in [-0.39, 0.29) is 4.75 Å². The van der Waals surface area contributed by atoms with Crippen LogP contribution in [-0.4, -0.2) is 67.2 Å². The third-order valence-corrected chi connectivity index (χ3v) is 5.56. The molecule has 0 bridgehead atoms. The van der Waals surface area contributed by atoms with Gasteiger partial charge in [-0.15, -0.1) is 0 Å². The van der Waals surface area contributed by atoms with Gasteiger partial charge in [0.25, 0.3) is 0 Å². The highest BCUT2D eigenvalue weighted by Crippen LogP contribution is 2.12. The lowest BCUT2D eigenvalue weighted by atomic mass is 10.1. The summed E-state index contributed by atoms with van der Waals surface area (Å²) >= 11 is 0. The van der Waals surface area contributed by atoms with E-state index in [1.165, 1.54) is 0 Å². The zero-order valence-corrected chi connectivity index (χ0v) is 15.8. The SMILES string of the molecule is CN=C(NCCCOCC1CCOC1)NCCS(=O)C(C)(C)C. The molecule has 2 atom stereocenters. The minimum absolute atomic E-state index is 0.166. The number of hydrogen-bond acceptors (Lipinski definition) is 4. The normalized spacial score (nSPS) is 20.5. The highest BCUT2D eigenvalue weighted by Gasteiger charge is 2.18. The van der Waals surface area contributed by atoms with Gasteiger partial charge in [0.1, 0.15) is 0 Å². The van der Waals surface area contributed by atoms with Gasteiger partial charge >= 0.3 is 0 Å². The van der Waals surface area contributed by atoms with Gasteiger partial charge < -0.3 is 20.1 Å². The van der Waals surface area contributed by atoms with Crippen LogP contribution in [0.5, 0.6) is 0 Å². The van der Waals surface area contributed by atoms with Crippen molar-refractivity contribution in [2.24, 2.45) is 10.9 Å². The molecule has 1 rings (SSSR count). The molecule has 2 unspecified atom stereocenters. The maximum absolute atomic E-state index is 12.0. The van der Waals surface area contributed by atoms with Crippen molar-refractivity contribution < 1.29 is 13.7 Å². The van der Waals surface area contributed by atoms with Gasteiger partial charge in [-0.05, 0) is 33.6 Å². The van der Waals surface area contributed by atoms with Crippen molar-refractivity contribution in [3.63, 3.8) is 0 Å². The van der Waals surface area contributed by atoms with E-state index < -0.39 is 10.8 Å². The van der Waals surface area contributed by atoms with Gasteiger partial charge in [-0.2, -0.15) is 0 Å². The summed E-state index contributed by atoms with van der Waals surface area (Å²) in [6.45, 7) is 10.7. The van der Waals surface area contributed by atoms with Crippen molar-refractivity contribution in [1.82, 2.24) is 10.6 Å². The fourth-order valence-corrected chi connectivity index (χ4v) is 3.03. The molecular weight excluding hydrogens is 314 g/mol. The van der Waals surface area contributed by atoms with Crippen molar-refractivity contribution >= 4 is 16.8 Å². The van der Waals surface area contributed by atoms with Crippen molar-refractivity contribution in [3.05, 3.63) is 0 Å². The summed E-state index contributed by atoms with van der Waals surface area (Å²) in [6, 6.07) is 0. The Hall–Kier alpha value is -0.660. The summed E-state index contributed by atoms with van der Waals surface area (Å²) in [7, 11) is 0.900. The lowest BCUT2D eigenvalue weighted by Crippen LogP contribution is -2.40. The Morgan fingerprint density at radius 1 is 1.35 bits per heavy atom. The van der Waals surface area contributed by atoms with E-state index in [4.69, 9.17) is 9.47 Å². The first-order valence-electron chi connectivity index (χ1n) is 8.42. The third kappa shape index (κ3) is 9.27. The summed E-state index contributed by atoms with van der Waals surface area (Å²) in [5.41, 5.74) is 0. The molecule has 0 saturated carbocycles. The van der Waals surface area contributed by atoms with Gasteiger partial charge in [0.15, 0.2) is 5.96 Å². The van der Waals surface area contributed by atoms with E-state index >= 15 is 0 Å². The number of nitrogens with one attached hydrogen (secondary N) is 2. The van der Waals surface area contributed by atoms with Crippen LogP contribution < -0.4 is 10.6 Å². The second-order valence-corrected chi connectivity index (χ2v) is 9.07. The van der Waals surface area contributed by atoms with Crippen LogP contribution in [0.4, 0.5) is 0 Å². The minimum Gasteiger partial charge on any atom is -0.381 e. The van der Waals surface area contributed by atoms with E-state index in [1.807, 2.05) is 20.8 Å². The second-order valence-electron chi connectivity index (χ2n) is 6.75. The van der Waals surface area contributed by atoms with E-state index in [2.05, 4.69) is 15.6 Å². The van der Waals surface area contributed by atoms with Crippen LogP contribution in [0.1, 0.15) is 33.6 Å².